The van der Waals surface area contributed by atoms with Crippen molar-refractivity contribution in [3.8, 4) is 0 Å². The number of ether oxygens (including phenoxy) is 1. The molecule has 3 saturated heterocycles. The van der Waals surface area contributed by atoms with Crippen LogP contribution < -0.4 is 4.90 Å². The molecule has 0 aliphatic carbocycles. The van der Waals surface area contributed by atoms with Crippen molar-refractivity contribution < 1.29 is 19.2 Å². The molecule has 1 aromatic heterocycles. The molecular weight excluding hydrogens is 302 g/mol. The second-order valence-corrected chi connectivity index (χ2v) is 6.67. The summed E-state index contributed by atoms with van der Waals surface area (Å²) < 4.78 is 5.84. The normalized spacial score (nSPS) is 38.3. The SMILES string of the molecule is C[C@@]12C(=O)N(c3ccc([N+](=O)[O-])cn3)C(=O)[C@]1(C)[C@@H]1CC[C@H]2O1. The lowest BCUT2D eigenvalue weighted by Gasteiger charge is -2.36. The van der Waals surface area contributed by atoms with Crippen LogP contribution in [0, 0.1) is 20.9 Å². The minimum Gasteiger partial charge on any atom is -0.373 e. The van der Waals surface area contributed by atoms with E-state index in [4.69, 9.17) is 4.74 Å². The van der Waals surface area contributed by atoms with Gasteiger partial charge in [0.25, 0.3) is 5.69 Å². The number of hydrogen-bond donors (Lipinski definition) is 0. The largest absolute Gasteiger partial charge is 0.373 e. The molecule has 4 rings (SSSR count). The maximum absolute atomic E-state index is 13.0. The molecule has 0 spiro atoms. The monoisotopic (exact) mass is 317 g/mol. The lowest BCUT2D eigenvalue weighted by Crippen LogP contribution is -2.48. The molecule has 3 aliphatic heterocycles. The number of nitrogens with zero attached hydrogens (tertiary/aromatic N) is 3. The van der Waals surface area contributed by atoms with E-state index in [1.807, 2.05) is 0 Å². The molecule has 0 radical (unpaired) electrons. The van der Waals surface area contributed by atoms with E-state index in [0.717, 1.165) is 23.9 Å². The first-order chi connectivity index (χ1) is 10.8. The van der Waals surface area contributed by atoms with Crippen molar-refractivity contribution in [2.45, 2.75) is 38.9 Å². The Morgan fingerprint density at radius 1 is 1.22 bits per heavy atom. The number of hydrogen-bond acceptors (Lipinski definition) is 6. The van der Waals surface area contributed by atoms with E-state index >= 15 is 0 Å². The van der Waals surface area contributed by atoms with Crippen LogP contribution in [0.25, 0.3) is 0 Å². The number of carbonyl (C=O) groups is 2. The minimum absolute atomic E-state index is 0.127. The molecule has 120 valence electrons. The van der Waals surface area contributed by atoms with Gasteiger partial charge in [0, 0.05) is 6.07 Å². The Labute approximate surface area is 131 Å². The van der Waals surface area contributed by atoms with Crippen LogP contribution in [0.5, 0.6) is 0 Å². The molecule has 3 aliphatic rings. The average molecular weight is 317 g/mol. The number of amides is 2. The average Bonchev–Trinajstić information content (AvgIpc) is 3.14. The van der Waals surface area contributed by atoms with Gasteiger partial charge in [-0.25, -0.2) is 9.88 Å². The third-order valence-corrected chi connectivity index (χ3v) is 5.85. The maximum Gasteiger partial charge on any atom is 0.287 e. The highest BCUT2D eigenvalue weighted by atomic mass is 16.6. The van der Waals surface area contributed by atoms with Crippen LogP contribution in [0.2, 0.25) is 0 Å². The Hall–Kier alpha value is -2.35. The van der Waals surface area contributed by atoms with E-state index in [1.165, 1.54) is 12.1 Å². The fraction of sp³-hybridized carbons (Fsp3) is 0.533. The van der Waals surface area contributed by atoms with Gasteiger partial charge >= 0.3 is 0 Å². The Balaban J connectivity index is 1.79. The van der Waals surface area contributed by atoms with Gasteiger partial charge in [-0.15, -0.1) is 0 Å². The van der Waals surface area contributed by atoms with Crippen molar-refractivity contribution in [3.63, 3.8) is 0 Å². The van der Waals surface area contributed by atoms with Gasteiger partial charge in [-0.3, -0.25) is 19.7 Å². The highest BCUT2D eigenvalue weighted by molar-refractivity contribution is 6.25. The molecule has 23 heavy (non-hydrogen) atoms. The standard InChI is InChI=1S/C15H15N3O5/c1-14-9-4-5-10(23-9)15(14,2)13(20)17(12(14)19)11-6-3-8(7-16-11)18(21)22/h3,6-7,9-10H,4-5H2,1-2H3/t9-,10+,14-,15+. The summed E-state index contributed by atoms with van der Waals surface area (Å²) in [6.45, 7) is 3.56. The third kappa shape index (κ3) is 1.42. The van der Waals surface area contributed by atoms with E-state index in [1.54, 1.807) is 13.8 Å². The zero-order valence-electron chi connectivity index (χ0n) is 12.7. The van der Waals surface area contributed by atoms with Crippen LogP contribution in [0.3, 0.4) is 0 Å². The molecule has 2 bridgehead atoms. The molecule has 8 nitrogen and oxygen atoms in total. The number of pyridine rings is 1. The van der Waals surface area contributed by atoms with Crippen LogP contribution in [0.4, 0.5) is 11.5 Å². The van der Waals surface area contributed by atoms with Gasteiger partial charge in [0.2, 0.25) is 11.8 Å². The maximum atomic E-state index is 13.0. The van der Waals surface area contributed by atoms with Crippen molar-refractivity contribution in [1.29, 1.82) is 0 Å². The van der Waals surface area contributed by atoms with E-state index in [0.29, 0.717) is 0 Å². The van der Waals surface area contributed by atoms with Crippen molar-refractivity contribution in [2.75, 3.05) is 4.90 Å². The molecular formula is C15H15N3O5. The highest BCUT2D eigenvalue weighted by Gasteiger charge is 2.77. The molecule has 0 N–H and O–H groups in total. The van der Waals surface area contributed by atoms with E-state index in [2.05, 4.69) is 4.98 Å². The summed E-state index contributed by atoms with van der Waals surface area (Å²) in [5.74, 6) is -0.543. The van der Waals surface area contributed by atoms with Gasteiger partial charge in [-0.05, 0) is 32.8 Å². The molecule has 2 amide bonds. The zero-order valence-corrected chi connectivity index (χ0v) is 12.7. The second-order valence-electron chi connectivity index (χ2n) is 6.67. The molecule has 0 saturated carbocycles. The Kier molecular flexibility index (Phi) is 2.56. The molecule has 8 heteroatoms. The summed E-state index contributed by atoms with van der Waals surface area (Å²) in [6, 6.07) is 2.58. The number of aromatic nitrogens is 1. The van der Waals surface area contributed by atoms with Crippen LogP contribution in [-0.2, 0) is 14.3 Å². The Morgan fingerprint density at radius 2 is 1.78 bits per heavy atom. The van der Waals surface area contributed by atoms with Gasteiger partial charge in [-0.1, -0.05) is 0 Å². The highest BCUT2D eigenvalue weighted by Crippen LogP contribution is 2.64. The first-order valence-electron chi connectivity index (χ1n) is 7.46. The smallest absolute Gasteiger partial charge is 0.287 e. The van der Waals surface area contributed by atoms with Crippen molar-refractivity contribution >= 4 is 23.3 Å². The van der Waals surface area contributed by atoms with Crippen molar-refractivity contribution in [3.05, 3.63) is 28.4 Å². The van der Waals surface area contributed by atoms with Gasteiger partial charge in [0.05, 0.1) is 28.0 Å². The number of nitro groups is 1. The van der Waals surface area contributed by atoms with Gasteiger partial charge in [0.15, 0.2) is 0 Å². The molecule has 0 unspecified atom stereocenters. The molecule has 3 fully saturated rings. The third-order valence-electron chi connectivity index (χ3n) is 5.85. The topological polar surface area (TPSA) is 103 Å². The fourth-order valence-electron chi connectivity index (χ4n) is 4.26. The number of imide groups is 1. The predicted octanol–water partition coefficient (Wildman–Crippen LogP) is 1.44. The quantitative estimate of drug-likeness (QED) is 0.464. The summed E-state index contributed by atoms with van der Waals surface area (Å²) in [4.78, 5) is 41.1. The Morgan fingerprint density at radius 3 is 2.22 bits per heavy atom. The summed E-state index contributed by atoms with van der Waals surface area (Å²) in [6.07, 6.45) is 2.04. The lowest BCUT2D eigenvalue weighted by molar-refractivity contribution is -0.385. The van der Waals surface area contributed by atoms with E-state index in [9.17, 15) is 19.7 Å². The summed E-state index contributed by atoms with van der Waals surface area (Å²) >= 11 is 0. The second kappa shape index (κ2) is 4.14. The molecule has 4 heterocycles. The van der Waals surface area contributed by atoms with Crippen LogP contribution in [-0.4, -0.2) is 33.9 Å². The minimum atomic E-state index is -0.906. The lowest BCUT2D eigenvalue weighted by atomic mass is 9.59. The molecule has 1 aromatic rings. The van der Waals surface area contributed by atoms with Gasteiger partial charge < -0.3 is 4.74 Å². The molecule has 4 atom stereocenters. The number of fused-ring (bicyclic) bond motifs is 5. The Bertz CT molecular complexity index is 714. The van der Waals surface area contributed by atoms with Gasteiger partial charge in [0.1, 0.15) is 12.0 Å². The predicted molar refractivity (Wildman–Crippen MR) is 77.5 cm³/mol. The van der Waals surface area contributed by atoms with Crippen LogP contribution >= 0.6 is 0 Å². The van der Waals surface area contributed by atoms with E-state index in [-0.39, 0.29) is 35.5 Å². The summed E-state index contributed by atoms with van der Waals surface area (Å²) in [5.41, 5.74) is -2.00. The van der Waals surface area contributed by atoms with Crippen LogP contribution in [0.15, 0.2) is 18.3 Å². The van der Waals surface area contributed by atoms with E-state index < -0.39 is 15.8 Å². The first kappa shape index (κ1) is 14.3. The van der Waals surface area contributed by atoms with Gasteiger partial charge in [-0.2, -0.15) is 0 Å². The zero-order chi connectivity index (χ0) is 16.6. The van der Waals surface area contributed by atoms with Crippen molar-refractivity contribution in [2.24, 2.45) is 10.8 Å². The first-order valence-corrected chi connectivity index (χ1v) is 7.46. The number of rotatable bonds is 2. The number of anilines is 1. The number of carbonyl (C=O) groups excluding carboxylic acids is 2. The van der Waals surface area contributed by atoms with Crippen molar-refractivity contribution in [1.82, 2.24) is 4.98 Å². The van der Waals surface area contributed by atoms with Crippen LogP contribution in [0.1, 0.15) is 26.7 Å². The summed E-state index contributed by atoms with van der Waals surface area (Å²) in [7, 11) is 0. The fourth-order valence-corrected chi connectivity index (χ4v) is 4.26. The molecule has 0 aromatic carbocycles. The summed E-state index contributed by atoms with van der Waals surface area (Å²) in [5, 5.41) is 10.7.